The fourth-order valence-electron chi connectivity index (χ4n) is 1.01. The van der Waals surface area contributed by atoms with Crippen LogP contribution in [0.2, 0.25) is 0 Å². The van der Waals surface area contributed by atoms with E-state index in [4.69, 9.17) is 4.74 Å². The van der Waals surface area contributed by atoms with Gasteiger partial charge in [-0.1, -0.05) is 6.07 Å². The zero-order chi connectivity index (χ0) is 11.3. The third-order valence-corrected chi connectivity index (χ3v) is 2.29. The zero-order valence-corrected chi connectivity index (χ0v) is 8.99. The van der Waals surface area contributed by atoms with E-state index in [1.54, 1.807) is 11.8 Å². The van der Waals surface area contributed by atoms with E-state index in [-0.39, 0.29) is 5.75 Å². The molecule has 15 heavy (non-hydrogen) atoms. The van der Waals surface area contributed by atoms with Crippen LogP contribution in [-0.4, -0.2) is 18.6 Å². The number of halogens is 3. The second-order valence-corrected chi connectivity index (χ2v) is 3.85. The van der Waals surface area contributed by atoms with Crippen LogP contribution in [0.1, 0.15) is 5.56 Å². The first-order valence-electron chi connectivity index (χ1n) is 4.33. The van der Waals surface area contributed by atoms with Crippen LogP contribution in [0.5, 0.6) is 5.75 Å². The molecule has 0 spiro atoms. The minimum atomic E-state index is -4.31. The number of hydrogen-bond acceptors (Lipinski definition) is 2. The molecule has 0 atom stereocenters. The molecule has 1 rings (SSSR count). The van der Waals surface area contributed by atoms with Crippen molar-refractivity contribution in [1.82, 2.24) is 0 Å². The maximum Gasteiger partial charge on any atom is 0.416 e. The minimum absolute atomic E-state index is 0.263. The van der Waals surface area contributed by atoms with E-state index in [9.17, 15) is 13.2 Å². The lowest BCUT2D eigenvalue weighted by Gasteiger charge is -2.09. The van der Waals surface area contributed by atoms with Gasteiger partial charge in [-0.15, -0.1) is 0 Å². The summed E-state index contributed by atoms with van der Waals surface area (Å²) in [4.78, 5) is 0. The molecule has 0 saturated heterocycles. The molecule has 1 aromatic rings. The van der Waals surface area contributed by atoms with Gasteiger partial charge in [0.1, 0.15) is 5.75 Å². The van der Waals surface area contributed by atoms with E-state index in [2.05, 4.69) is 0 Å². The number of rotatable bonds is 4. The van der Waals surface area contributed by atoms with E-state index >= 15 is 0 Å². The predicted molar refractivity (Wildman–Crippen MR) is 55.3 cm³/mol. The average molecular weight is 236 g/mol. The van der Waals surface area contributed by atoms with Gasteiger partial charge in [0.05, 0.1) is 12.2 Å². The Balaban J connectivity index is 2.66. The van der Waals surface area contributed by atoms with Gasteiger partial charge in [-0.05, 0) is 24.5 Å². The Morgan fingerprint density at radius 1 is 1.33 bits per heavy atom. The van der Waals surface area contributed by atoms with Crippen molar-refractivity contribution in [3.05, 3.63) is 29.8 Å². The first-order chi connectivity index (χ1) is 7.04. The van der Waals surface area contributed by atoms with Crippen molar-refractivity contribution in [3.8, 4) is 5.75 Å². The molecule has 0 aliphatic heterocycles. The summed E-state index contributed by atoms with van der Waals surface area (Å²) in [6.07, 6.45) is -2.39. The van der Waals surface area contributed by atoms with Gasteiger partial charge >= 0.3 is 6.18 Å². The van der Waals surface area contributed by atoms with Gasteiger partial charge in [-0.2, -0.15) is 24.9 Å². The SMILES string of the molecule is CSCCOc1cccc(C(F)(F)F)c1. The number of thioether (sulfide) groups is 1. The Morgan fingerprint density at radius 3 is 2.67 bits per heavy atom. The molecule has 0 aliphatic rings. The molecule has 0 saturated carbocycles. The van der Waals surface area contributed by atoms with E-state index in [0.717, 1.165) is 17.9 Å². The van der Waals surface area contributed by atoms with Crippen LogP contribution in [0.15, 0.2) is 24.3 Å². The Labute approximate surface area is 90.6 Å². The first-order valence-corrected chi connectivity index (χ1v) is 5.72. The van der Waals surface area contributed by atoms with Gasteiger partial charge in [0.2, 0.25) is 0 Å². The molecular formula is C10H11F3OS. The van der Waals surface area contributed by atoms with Crippen LogP contribution in [0.4, 0.5) is 13.2 Å². The van der Waals surface area contributed by atoms with Gasteiger partial charge in [0.25, 0.3) is 0 Å². The maximum atomic E-state index is 12.3. The smallest absolute Gasteiger partial charge is 0.416 e. The Morgan fingerprint density at radius 2 is 2.07 bits per heavy atom. The van der Waals surface area contributed by atoms with Gasteiger partial charge in [-0.25, -0.2) is 0 Å². The summed E-state index contributed by atoms with van der Waals surface area (Å²) < 4.78 is 42.1. The number of ether oxygens (including phenoxy) is 1. The summed E-state index contributed by atoms with van der Waals surface area (Å²) in [6, 6.07) is 4.91. The molecule has 1 aromatic carbocycles. The number of benzene rings is 1. The fraction of sp³-hybridized carbons (Fsp3) is 0.400. The lowest BCUT2D eigenvalue weighted by molar-refractivity contribution is -0.137. The van der Waals surface area contributed by atoms with Crippen molar-refractivity contribution in [2.24, 2.45) is 0 Å². The van der Waals surface area contributed by atoms with Crippen LogP contribution in [0, 0.1) is 0 Å². The summed E-state index contributed by atoms with van der Waals surface area (Å²) in [5.74, 6) is 1.02. The maximum absolute atomic E-state index is 12.3. The largest absolute Gasteiger partial charge is 0.493 e. The van der Waals surface area contributed by atoms with Gasteiger partial charge < -0.3 is 4.74 Å². The predicted octanol–water partition coefficient (Wildman–Crippen LogP) is 3.45. The van der Waals surface area contributed by atoms with E-state index in [1.807, 2.05) is 6.26 Å². The number of alkyl halides is 3. The van der Waals surface area contributed by atoms with Crippen molar-refractivity contribution in [3.63, 3.8) is 0 Å². The second kappa shape index (κ2) is 5.30. The zero-order valence-electron chi connectivity index (χ0n) is 8.17. The van der Waals surface area contributed by atoms with E-state index in [1.165, 1.54) is 12.1 Å². The van der Waals surface area contributed by atoms with Crippen LogP contribution in [-0.2, 0) is 6.18 Å². The molecule has 0 radical (unpaired) electrons. The van der Waals surface area contributed by atoms with Crippen molar-refractivity contribution in [1.29, 1.82) is 0 Å². The Bertz CT molecular complexity index is 312. The standard InChI is InChI=1S/C10H11F3OS/c1-15-6-5-14-9-4-2-3-8(7-9)10(11,12)13/h2-4,7H,5-6H2,1H3. The Kier molecular flexibility index (Phi) is 4.32. The highest BCUT2D eigenvalue weighted by molar-refractivity contribution is 7.98. The quantitative estimate of drug-likeness (QED) is 0.740. The van der Waals surface area contributed by atoms with Gasteiger partial charge in [-0.3, -0.25) is 0 Å². The summed E-state index contributed by atoms with van der Waals surface area (Å²) in [5.41, 5.74) is -0.677. The van der Waals surface area contributed by atoms with Crippen LogP contribution in [0.3, 0.4) is 0 Å². The highest BCUT2D eigenvalue weighted by Gasteiger charge is 2.30. The van der Waals surface area contributed by atoms with Crippen LogP contribution in [0.25, 0.3) is 0 Å². The Hall–Kier alpha value is -0.840. The second-order valence-electron chi connectivity index (χ2n) is 2.87. The molecule has 0 unspecified atom stereocenters. The summed E-state index contributed by atoms with van der Waals surface area (Å²) in [5, 5.41) is 0. The summed E-state index contributed by atoms with van der Waals surface area (Å²) in [7, 11) is 0. The highest BCUT2D eigenvalue weighted by atomic mass is 32.2. The molecule has 5 heteroatoms. The van der Waals surface area contributed by atoms with Crippen molar-refractivity contribution in [2.45, 2.75) is 6.18 Å². The molecule has 0 amide bonds. The minimum Gasteiger partial charge on any atom is -0.493 e. The number of hydrogen-bond donors (Lipinski definition) is 0. The highest BCUT2D eigenvalue weighted by Crippen LogP contribution is 2.31. The average Bonchev–Trinajstić information content (AvgIpc) is 2.17. The molecule has 0 aliphatic carbocycles. The lowest BCUT2D eigenvalue weighted by Crippen LogP contribution is -2.06. The summed E-state index contributed by atoms with van der Waals surface area (Å²) >= 11 is 1.58. The topological polar surface area (TPSA) is 9.23 Å². The molecule has 1 nitrogen and oxygen atoms in total. The lowest BCUT2D eigenvalue weighted by atomic mass is 10.2. The molecule has 0 fully saturated rings. The third-order valence-electron chi connectivity index (χ3n) is 1.72. The molecule has 0 aromatic heterocycles. The van der Waals surface area contributed by atoms with Crippen molar-refractivity contribution < 1.29 is 17.9 Å². The van der Waals surface area contributed by atoms with Crippen LogP contribution < -0.4 is 4.74 Å². The van der Waals surface area contributed by atoms with E-state index in [0.29, 0.717) is 6.61 Å². The summed E-state index contributed by atoms with van der Waals surface area (Å²) in [6.45, 7) is 0.419. The monoisotopic (exact) mass is 236 g/mol. The van der Waals surface area contributed by atoms with Gasteiger partial charge in [0.15, 0.2) is 0 Å². The van der Waals surface area contributed by atoms with Crippen molar-refractivity contribution in [2.75, 3.05) is 18.6 Å². The first kappa shape index (κ1) is 12.2. The third kappa shape index (κ3) is 4.03. The normalized spacial score (nSPS) is 11.5. The molecular weight excluding hydrogens is 225 g/mol. The molecule has 0 N–H and O–H groups in total. The molecule has 0 heterocycles. The fourth-order valence-corrected chi connectivity index (χ4v) is 1.26. The van der Waals surface area contributed by atoms with Crippen LogP contribution >= 0.6 is 11.8 Å². The van der Waals surface area contributed by atoms with Gasteiger partial charge in [0, 0.05) is 5.75 Å². The molecule has 0 bridgehead atoms. The molecule has 84 valence electrons. The van der Waals surface area contributed by atoms with Crippen molar-refractivity contribution >= 4 is 11.8 Å². The van der Waals surface area contributed by atoms with E-state index < -0.39 is 11.7 Å².